The summed E-state index contributed by atoms with van der Waals surface area (Å²) in [5.74, 6) is -2.52. The molecule has 8 nitrogen and oxygen atoms in total. The van der Waals surface area contributed by atoms with Gasteiger partial charge in [0.2, 0.25) is 5.67 Å². The molecular weight excluding hydrogens is 528 g/mol. The third-order valence-corrected chi connectivity index (χ3v) is 6.95. The second kappa shape index (κ2) is 12.2. The van der Waals surface area contributed by atoms with E-state index in [1.54, 1.807) is 0 Å². The van der Waals surface area contributed by atoms with E-state index in [0.717, 1.165) is 20.8 Å². The standard InChI is InChI=1S/C21H36F8N2O6/c1-6-16(3,4)18(22,20(24,25)26)10-37-17(5,7-2)19(23,21(27,28)29)15(36)31-9-12(33)14(35)13(34)11(32)8-30/h11-14,32-35H,6-10,30H2,1-5H3,(H,31,36). The highest BCUT2D eigenvalue weighted by molar-refractivity contribution is 5.87. The van der Waals surface area contributed by atoms with Gasteiger partial charge in [-0.25, -0.2) is 8.78 Å². The van der Waals surface area contributed by atoms with E-state index in [9.17, 15) is 51.6 Å². The summed E-state index contributed by atoms with van der Waals surface area (Å²) in [4.78, 5) is 12.5. The summed E-state index contributed by atoms with van der Waals surface area (Å²) >= 11 is 0. The van der Waals surface area contributed by atoms with Gasteiger partial charge in [0.25, 0.3) is 5.91 Å². The first-order valence-electron chi connectivity index (χ1n) is 11.3. The number of carbonyl (C=O) groups is 1. The van der Waals surface area contributed by atoms with Gasteiger partial charge in [0.15, 0.2) is 0 Å². The summed E-state index contributed by atoms with van der Waals surface area (Å²) < 4.78 is 118. The fourth-order valence-electron chi connectivity index (χ4n) is 3.35. The smallest absolute Gasteiger partial charge is 0.389 e. The minimum atomic E-state index is -6.10. The maximum Gasteiger partial charge on any atom is 0.434 e. The van der Waals surface area contributed by atoms with Crippen LogP contribution in [0.1, 0.15) is 47.5 Å². The first-order valence-corrected chi connectivity index (χ1v) is 11.3. The molecule has 7 unspecified atom stereocenters. The zero-order chi connectivity index (χ0) is 29.8. The lowest BCUT2D eigenvalue weighted by atomic mass is 9.73. The third-order valence-electron chi connectivity index (χ3n) is 6.95. The molecule has 0 aliphatic heterocycles. The fourth-order valence-corrected chi connectivity index (χ4v) is 3.35. The van der Waals surface area contributed by atoms with Crippen LogP contribution < -0.4 is 11.1 Å². The number of ether oxygens (including phenoxy) is 1. The summed E-state index contributed by atoms with van der Waals surface area (Å²) in [6.07, 6.45) is -21.6. The maximum atomic E-state index is 15.7. The minimum Gasteiger partial charge on any atom is -0.389 e. The molecule has 0 bridgehead atoms. The van der Waals surface area contributed by atoms with Gasteiger partial charge in [-0.15, -0.1) is 0 Å². The van der Waals surface area contributed by atoms with Gasteiger partial charge in [-0.05, 0) is 19.8 Å². The molecule has 0 aromatic rings. The molecule has 0 fully saturated rings. The van der Waals surface area contributed by atoms with E-state index in [-0.39, 0.29) is 0 Å². The molecular formula is C21H36F8N2O6. The SMILES string of the molecule is CCC(C)(C)C(F)(COC(C)(CC)C(F)(C(=O)NCC(O)C(O)C(O)C(O)CN)C(F)(F)F)C(F)(F)F. The molecule has 0 rings (SSSR count). The van der Waals surface area contributed by atoms with Crippen molar-refractivity contribution in [1.29, 1.82) is 0 Å². The van der Waals surface area contributed by atoms with Crippen LogP contribution in [0.2, 0.25) is 0 Å². The van der Waals surface area contributed by atoms with Crippen molar-refractivity contribution in [3.63, 3.8) is 0 Å². The number of halogens is 8. The third kappa shape index (κ3) is 7.01. The highest BCUT2D eigenvalue weighted by Crippen LogP contribution is 2.51. The number of nitrogens with one attached hydrogen (secondary N) is 1. The van der Waals surface area contributed by atoms with Crippen molar-refractivity contribution in [2.45, 2.75) is 101 Å². The number of amides is 1. The van der Waals surface area contributed by atoms with Crippen molar-refractivity contribution in [1.82, 2.24) is 5.32 Å². The molecule has 7 atom stereocenters. The first-order chi connectivity index (χ1) is 16.4. The van der Waals surface area contributed by atoms with Gasteiger partial charge in [0.1, 0.15) is 17.8 Å². The van der Waals surface area contributed by atoms with Gasteiger partial charge in [-0.1, -0.05) is 27.7 Å². The second-order valence-corrected chi connectivity index (χ2v) is 9.63. The van der Waals surface area contributed by atoms with Gasteiger partial charge in [0, 0.05) is 18.5 Å². The lowest BCUT2D eigenvalue weighted by molar-refractivity contribution is -0.317. The molecule has 222 valence electrons. The summed E-state index contributed by atoms with van der Waals surface area (Å²) in [5.41, 5.74) is -9.82. The lowest BCUT2D eigenvalue weighted by Crippen LogP contribution is -2.69. The number of nitrogens with two attached hydrogens (primary N) is 1. The van der Waals surface area contributed by atoms with Crippen molar-refractivity contribution in [3.05, 3.63) is 0 Å². The van der Waals surface area contributed by atoms with E-state index < -0.39 is 97.6 Å². The van der Waals surface area contributed by atoms with Crippen molar-refractivity contribution < 1.29 is 65.1 Å². The van der Waals surface area contributed by atoms with Crippen LogP contribution in [0.25, 0.3) is 0 Å². The van der Waals surface area contributed by atoms with E-state index in [4.69, 9.17) is 5.73 Å². The molecule has 0 saturated carbocycles. The largest absolute Gasteiger partial charge is 0.434 e. The molecule has 7 N–H and O–H groups in total. The van der Waals surface area contributed by atoms with Crippen LogP contribution in [0.3, 0.4) is 0 Å². The Morgan fingerprint density at radius 2 is 1.30 bits per heavy atom. The topological polar surface area (TPSA) is 145 Å². The highest BCUT2D eigenvalue weighted by Gasteiger charge is 2.73. The Kier molecular flexibility index (Phi) is 11.8. The number of aliphatic hydroxyl groups excluding tert-OH is 4. The van der Waals surface area contributed by atoms with Crippen LogP contribution in [-0.4, -0.2) is 99.7 Å². The van der Waals surface area contributed by atoms with E-state index in [1.807, 2.05) is 0 Å². The van der Waals surface area contributed by atoms with Crippen LogP contribution >= 0.6 is 0 Å². The first kappa shape index (κ1) is 35.7. The van der Waals surface area contributed by atoms with E-state index >= 15 is 8.78 Å². The van der Waals surface area contributed by atoms with Gasteiger partial charge in [0.05, 0.1) is 18.8 Å². The summed E-state index contributed by atoms with van der Waals surface area (Å²) in [6.45, 7) is 0.177. The van der Waals surface area contributed by atoms with Crippen LogP contribution in [0.15, 0.2) is 0 Å². The molecule has 16 heteroatoms. The Bertz CT molecular complexity index is 756. The predicted octanol–water partition coefficient (Wildman–Crippen LogP) is 1.67. The van der Waals surface area contributed by atoms with Crippen molar-refractivity contribution in [2.24, 2.45) is 11.1 Å². The Morgan fingerprint density at radius 3 is 1.65 bits per heavy atom. The number of carbonyl (C=O) groups excluding carboxylic acids is 1. The molecule has 0 radical (unpaired) electrons. The molecule has 0 saturated heterocycles. The predicted molar refractivity (Wildman–Crippen MR) is 115 cm³/mol. The molecule has 0 aromatic heterocycles. The van der Waals surface area contributed by atoms with Crippen molar-refractivity contribution in [2.75, 3.05) is 19.7 Å². The van der Waals surface area contributed by atoms with Gasteiger partial charge < -0.3 is 36.2 Å². The number of hydrogen-bond acceptors (Lipinski definition) is 7. The van der Waals surface area contributed by atoms with E-state index in [0.29, 0.717) is 6.92 Å². The van der Waals surface area contributed by atoms with Crippen LogP contribution in [0.5, 0.6) is 0 Å². The Hall–Kier alpha value is -1.33. The number of alkyl halides is 8. The quantitative estimate of drug-likeness (QED) is 0.176. The lowest BCUT2D eigenvalue weighted by Gasteiger charge is -2.46. The normalized spacial score (nSPS) is 21.7. The molecule has 0 aromatic carbocycles. The number of rotatable bonds is 14. The van der Waals surface area contributed by atoms with Gasteiger partial charge in [-0.2, -0.15) is 26.3 Å². The Balaban J connectivity index is 6.17. The molecule has 0 aliphatic rings. The maximum absolute atomic E-state index is 15.7. The summed E-state index contributed by atoms with van der Waals surface area (Å²) in [7, 11) is 0. The fraction of sp³-hybridized carbons (Fsp3) is 0.952. The zero-order valence-electron chi connectivity index (χ0n) is 21.1. The summed E-state index contributed by atoms with van der Waals surface area (Å²) in [5, 5.41) is 40.0. The minimum absolute atomic E-state index is 0.350. The van der Waals surface area contributed by atoms with E-state index in [1.165, 1.54) is 12.2 Å². The van der Waals surface area contributed by atoms with Gasteiger partial charge in [-0.3, -0.25) is 4.79 Å². The Morgan fingerprint density at radius 1 is 0.838 bits per heavy atom. The average molecular weight is 565 g/mol. The molecule has 0 heterocycles. The second-order valence-electron chi connectivity index (χ2n) is 9.63. The molecule has 1 amide bonds. The highest BCUT2D eigenvalue weighted by atomic mass is 19.4. The molecule has 0 aliphatic carbocycles. The van der Waals surface area contributed by atoms with Crippen LogP contribution in [0, 0.1) is 5.41 Å². The Labute approximate surface area is 209 Å². The zero-order valence-corrected chi connectivity index (χ0v) is 21.1. The van der Waals surface area contributed by atoms with E-state index in [2.05, 4.69) is 4.74 Å². The van der Waals surface area contributed by atoms with Gasteiger partial charge >= 0.3 is 18.0 Å². The average Bonchev–Trinajstić information content (AvgIpc) is 2.81. The number of hydrogen-bond donors (Lipinski definition) is 6. The van der Waals surface area contributed by atoms with Crippen molar-refractivity contribution >= 4 is 5.91 Å². The van der Waals surface area contributed by atoms with Crippen LogP contribution in [0.4, 0.5) is 35.1 Å². The van der Waals surface area contributed by atoms with Crippen molar-refractivity contribution in [3.8, 4) is 0 Å². The van der Waals surface area contributed by atoms with Crippen LogP contribution in [-0.2, 0) is 9.53 Å². The molecule has 37 heavy (non-hydrogen) atoms. The summed E-state index contributed by atoms with van der Waals surface area (Å²) in [6, 6.07) is 0. The number of aliphatic hydroxyl groups is 4. The monoisotopic (exact) mass is 564 g/mol. The molecule has 0 spiro atoms.